The zero-order chi connectivity index (χ0) is 22.4. The summed E-state index contributed by atoms with van der Waals surface area (Å²) in [5.74, 6) is 1.69. The highest BCUT2D eigenvalue weighted by Gasteiger charge is 2.23. The predicted octanol–water partition coefficient (Wildman–Crippen LogP) is 5.01. The van der Waals surface area contributed by atoms with Crippen LogP contribution >= 0.6 is 11.3 Å². The number of rotatable bonds is 6. The maximum atomic E-state index is 9.19. The number of fused-ring (bicyclic) bond motifs is 2. The number of methoxy groups -OCH3 is 1. The van der Waals surface area contributed by atoms with Gasteiger partial charge in [-0.1, -0.05) is 24.3 Å². The fourth-order valence-corrected chi connectivity index (χ4v) is 5.02. The minimum Gasteiger partial charge on any atom is -0.496 e. The molecule has 168 valence electrons. The van der Waals surface area contributed by atoms with E-state index in [1.165, 1.54) is 39.6 Å². The molecule has 3 aromatic rings. The van der Waals surface area contributed by atoms with Crippen molar-refractivity contribution in [3.05, 3.63) is 64.5 Å². The largest absolute Gasteiger partial charge is 0.496 e. The summed E-state index contributed by atoms with van der Waals surface area (Å²) in [7, 11) is 0.382. The van der Waals surface area contributed by atoms with E-state index >= 15 is 0 Å². The smallest absolute Gasteiger partial charge is 0.261 e. The van der Waals surface area contributed by atoms with Crippen LogP contribution in [0.5, 0.6) is 5.75 Å². The molecule has 0 fully saturated rings. The van der Waals surface area contributed by atoms with Crippen LogP contribution < -0.4 is 4.74 Å². The Morgan fingerprint density at radius 3 is 2.74 bits per heavy atom. The lowest BCUT2D eigenvalue weighted by atomic mass is 9.82. The van der Waals surface area contributed by atoms with Gasteiger partial charge in [0.25, 0.3) is 10.1 Å². The Morgan fingerprint density at radius 1 is 1.23 bits per heavy atom. The Morgan fingerprint density at radius 2 is 2.00 bits per heavy atom. The van der Waals surface area contributed by atoms with Gasteiger partial charge in [0.2, 0.25) is 0 Å². The number of hydrogen-bond acceptors (Lipinski definition) is 5. The molecule has 31 heavy (non-hydrogen) atoms. The second-order valence-corrected chi connectivity index (χ2v) is 10.6. The lowest BCUT2D eigenvalue weighted by Crippen LogP contribution is -2.28. The Balaban J connectivity index is 0.000000491. The van der Waals surface area contributed by atoms with Gasteiger partial charge >= 0.3 is 0 Å². The Bertz CT molecular complexity index is 1100. The molecular formula is C24H31NO4S2. The molecule has 1 aliphatic rings. The van der Waals surface area contributed by atoms with Crippen molar-refractivity contribution in [2.75, 3.05) is 33.5 Å². The summed E-state index contributed by atoms with van der Waals surface area (Å²) in [5, 5.41) is 3.55. The molecule has 5 nitrogen and oxygen atoms in total. The van der Waals surface area contributed by atoms with Crippen molar-refractivity contribution in [2.45, 2.75) is 31.6 Å². The molecule has 0 radical (unpaired) electrons. The quantitative estimate of drug-likeness (QED) is 0.523. The topological polar surface area (TPSA) is 66.8 Å². The molecule has 0 unspecified atom stereocenters. The molecule has 7 heteroatoms. The average molecular weight is 462 g/mol. The number of benzene rings is 2. The van der Waals surface area contributed by atoms with Gasteiger partial charge in [-0.2, -0.15) is 8.42 Å². The lowest BCUT2D eigenvalue weighted by Gasteiger charge is -2.30. The third kappa shape index (κ3) is 7.04. The van der Waals surface area contributed by atoms with Crippen molar-refractivity contribution < 1.29 is 17.7 Å². The van der Waals surface area contributed by atoms with Crippen molar-refractivity contribution >= 4 is 31.5 Å². The van der Waals surface area contributed by atoms with Gasteiger partial charge < -0.3 is 9.64 Å². The summed E-state index contributed by atoms with van der Waals surface area (Å²) in [6, 6.07) is 15.7. The van der Waals surface area contributed by atoms with Crippen LogP contribution in [-0.2, 0) is 23.0 Å². The summed E-state index contributed by atoms with van der Waals surface area (Å²) in [6.07, 6.45) is 5.53. The third-order valence-electron chi connectivity index (χ3n) is 5.64. The van der Waals surface area contributed by atoms with Crippen molar-refractivity contribution in [3.63, 3.8) is 0 Å². The average Bonchev–Trinajstić information content (AvgIpc) is 3.19. The maximum absolute atomic E-state index is 9.19. The Kier molecular flexibility index (Phi) is 8.11. The predicted molar refractivity (Wildman–Crippen MR) is 129 cm³/mol. The van der Waals surface area contributed by atoms with E-state index in [4.69, 9.17) is 9.29 Å². The zero-order valence-corrected chi connectivity index (χ0v) is 20.0. The summed E-state index contributed by atoms with van der Waals surface area (Å²) >= 11 is 1.82. The first kappa shape index (κ1) is 23.7. The molecule has 1 atom stereocenters. The van der Waals surface area contributed by atoms with E-state index in [1.807, 2.05) is 11.3 Å². The molecule has 1 heterocycles. The highest BCUT2D eigenvalue weighted by molar-refractivity contribution is 7.85. The van der Waals surface area contributed by atoms with Crippen LogP contribution in [0.15, 0.2) is 47.8 Å². The van der Waals surface area contributed by atoms with E-state index in [9.17, 15) is 8.42 Å². The normalized spacial score (nSPS) is 16.0. The van der Waals surface area contributed by atoms with Gasteiger partial charge in [0, 0.05) is 17.8 Å². The monoisotopic (exact) mass is 461 g/mol. The van der Waals surface area contributed by atoms with Crippen LogP contribution in [0.25, 0.3) is 10.1 Å². The van der Waals surface area contributed by atoms with Gasteiger partial charge in [-0.05, 0) is 84.3 Å². The van der Waals surface area contributed by atoms with Gasteiger partial charge in [0.15, 0.2) is 0 Å². The van der Waals surface area contributed by atoms with E-state index in [1.54, 1.807) is 7.11 Å². The number of hydrogen-bond donors (Lipinski definition) is 1. The minimum absolute atomic E-state index is 0.623. The molecule has 0 saturated heterocycles. The van der Waals surface area contributed by atoms with Crippen LogP contribution in [0, 0.1) is 0 Å². The number of ether oxygens (including phenoxy) is 1. The van der Waals surface area contributed by atoms with Gasteiger partial charge in [0.1, 0.15) is 5.75 Å². The molecule has 1 aliphatic carbocycles. The first-order valence-corrected chi connectivity index (χ1v) is 13.2. The first-order chi connectivity index (χ1) is 14.7. The van der Waals surface area contributed by atoms with Crippen LogP contribution in [0.1, 0.15) is 35.4 Å². The standard InChI is InChI=1S/C23H27NOS.CH4O3S/c1-24(13-11-17-9-10-23-18(15-17)12-14-26-23)16-19-5-3-7-21-20(19)6-4-8-22(21)25-2;1-5(2,3)4/h4,6,8-10,12,14-15,19H,3,5,7,11,13,16H2,1-2H3;1H3,(H,2,3,4)/t19-;/m0./s1. The van der Waals surface area contributed by atoms with E-state index < -0.39 is 10.1 Å². The van der Waals surface area contributed by atoms with Crippen LogP contribution in [-0.4, -0.2) is 51.4 Å². The number of nitrogens with zero attached hydrogens (tertiary/aromatic N) is 1. The second kappa shape index (κ2) is 10.6. The van der Waals surface area contributed by atoms with Crippen molar-refractivity contribution in [2.24, 2.45) is 0 Å². The SMILES string of the molecule is COc1cccc2c1CCC[C@H]2CN(C)CCc1ccc2sccc2c1.CS(=O)(=O)O. The van der Waals surface area contributed by atoms with Gasteiger partial charge in [0.05, 0.1) is 13.4 Å². The summed E-state index contributed by atoms with van der Waals surface area (Å²) in [6.45, 7) is 2.23. The molecule has 4 rings (SSSR count). The molecule has 0 saturated carbocycles. The van der Waals surface area contributed by atoms with Gasteiger partial charge in [-0.25, -0.2) is 0 Å². The van der Waals surface area contributed by atoms with Crippen molar-refractivity contribution in [1.29, 1.82) is 0 Å². The fraction of sp³-hybridized carbons (Fsp3) is 0.417. The van der Waals surface area contributed by atoms with Gasteiger partial charge in [-0.15, -0.1) is 11.3 Å². The molecule has 1 aromatic heterocycles. The Labute approximate surface area is 189 Å². The van der Waals surface area contributed by atoms with Gasteiger partial charge in [-0.3, -0.25) is 4.55 Å². The van der Waals surface area contributed by atoms with E-state index in [0.29, 0.717) is 12.2 Å². The zero-order valence-electron chi connectivity index (χ0n) is 18.4. The van der Waals surface area contributed by atoms with E-state index in [2.05, 4.69) is 59.8 Å². The number of likely N-dealkylation sites (N-methyl/N-ethyl adjacent to an activating group) is 1. The highest BCUT2D eigenvalue weighted by atomic mass is 32.2. The molecular weight excluding hydrogens is 430 g/mol. The molecule has 0 amide bonds. The van der Waals surface area contributed by atoms with Crippen LogP contribution in [0.4, 0.5) is 0 Å². The maximum Gasteiger partial charge on any atom is 0.261 e. The van der Waals surface area contributed by atoms with Crippen molar-refractivity contribution in [3.8, 4) is 5.75 Å². The minimum atomic E-state index is -3.67. The molecule has 0 spiro atoms. The second-order valence-electron chi connectivity index (χ2n) is 8.16. The summed E-state index contributed by atoms with van der Waals surface area (Å²) in [5.41, 5.74) is 4.37. The summed E-state index contributed by atoms with van der Waals surface area (Å²) in [4.78, 5) is 2.50. The Hall–Kier alpha value is -1.93. The van der Waals surface area contributed by atoms with Crippen molar-refractivity contribution in [1.82, 2.24) is 4.90 Å². The number of thiophene rings is 1. The summed E-state index contributed by atoms with van der Waals surface area (Å²) < 4.78 is 32.8. The highest BCUT2D eigenvalue weighted by Crippen LogP contribution is 2.36. The fourth-order valence-electron chi connectivity index (χ4n) is 4.25. The van der Waals surface area contributed by atoms with E-state index in [0.717, 1.165) is 31.7 Å². The van der Waals surface area contributed by atoms with E-state index in [-0.39, 0.29) is 0 Å². The first-order valence-electron chi connectivity index (χ1n) is 10.5. The lowest BCUT2D eigenvalue weighted by molar-refractivity contribution is 0.299. The molecule has 0 aliphatic heterocycles. The third-order valence-corrected chi connectivity index (χ3v) is 6.54. The molecule has 0 bridgehead atoms. The van der Waals surface area contributed by atoms with Crippen LogP contribution in [0.2, 0.25) is 0 Å². The molecule has 1 N–H and O–H groups in total. The molecule has 2 aromatic carbocycles. The van der Waals surface area contributed by atoms with Crippen LogP contribution in [0.3, 0.4) is 0 Å².